The maximum atomic E-state index is 13.0. The molecule has 0 bridgehead atoms. The van der Waals surface area contributed by atoms with Crippen molar-refractivity contribution in [2.24, 2.45) is 10.7 Å². The van der Waals surface area contributed by atoms with Gasteiger partial charge in [-0.05, 0) is 74.8 Å². The summed E-state index contributed by atoms with van der Waals surface area (Å²) in [7, 11) is 2.12. The summed E-state index contributed by atoms with van der Waals surface area (Å²) in [6, 6.07) is 13.5. The number of aliphatic imine (C=N–C) groups is 1. The van der Waals surface area contributed by atoms with Crippen LogP contribution in [0.1, 0.15) is 52.7 Å². The molecule has 1 fully saturated rings. The van der Waals surface area contributed by atoms with Gasteiger partial charge < -0.3 is 16.0 Å². The normalized spacial score (nSPS) is 20.2. The van der Waals surface area contributed by atoms with Gasteiger partial charge in [0, 0.05) is 17.8 Å². The molecule has 1 atom stereocenters. The maximum Gasteiger partial charge on any atom is 0.238 e. The van der Waals surface area contributed by atoms with Gasteiger partial charge in [0.25, 0.3) is 0 Å². The van der Waals surface area contributed by atoms with Crippen molar-refractivity contribution < 1.29 is 9.59 Å². The zero-order valence-electron chi connectivity index (χ0n) is 17.5. The summed E-state index contributed by atoms with van der Waals surface area (Å²) in [5, 5.41) is 2.97. The second kappa shape index (κ2) is 8.50. The van der Waals surface area contributed by atoms with Crippen molar-refractivity contribution in [1.29, 1.82) is 0 Å². The smallest absolute Gasteiger partial charge is 0.238 e. The van der Waals surface area contributed by atoms with Crippen LogP contribution in [0, 0.1) is 0 Å². The predicted molar refractivity (Wildman–Crippen MR) is 119 cm³/mol. The Balaban J connectivity index is 1.79. The van der Waals surface area contributed by atoms with E-state index in [-0.39, 0.29) is 17.7 Å². The van der Waals surface area contributed by atoms with Gasteiger partial charge in [-0.1, -0.05) is 24.3 Å². The average Bonchev–Trinajstić information content (AvgIpc) is 3.08. The van der Waals surface area contributed by atoms with Crippen LogP contribution in [0.5, 0.6) is 0 Å². The standard InChI is InChI=1S/C24H28N4O2/c1-15(29)18-7-8-21-20(13-18)22(24(30)27-21)23(17-5-3-16(14-25)4-6-17)26-19-9-11-28(2)12-10-19/h3-8,13,19,22H,9-12,14,25H2,1-2H3,(H,27,30). The van der Waals surface area contributed by atoms with Gasteiger partial charge in [-0.15, -0.1) is 0 Å². The number of amides is 1. The number of nitrogens with one attached hydrogen (secondary N) is 1. The minimum atomic E-state index is -0.525. The highest BCUT2D eigenvalue weighted by molar-refractivity contribution is 6.24. The molecule has 4 rings (SSSR count). The molecule has 1 saturated heterocycles. The largest absolute Gasteiger partial charge is 0.326 e. The van der Waals surface area contributed by atoms with Gasteiger partial charge in [0.15, 0.2) is 5.78 Å². The molecule has 2 aromatic carbocycles. The minimum absolute atomic E-state index is 0.0167. The summed E-state index contributed by atoms with van der Waals surface area (Å²) in [5.41, 5.74) is 10.7. The van der Waals surface area contributed by atoms with Crippen LogP contribution in [0.25, 0.3) is 0 Å². The fourth-order valence-electron chi connectivity index (χ4n) is 4.20. The zero-order chi connectivity index (χ0) is 21.3. The monoisotopic (exact) mass is 404 g/mol. The molecule has 2 aliphatic heterocycles. The Morgan fingerprint density at radius 1 is 1.13 bits per heavy atom. The minimum Gasteiger partial charge on any atom is -0.326 e. The average molecular weight is 405 g/mol. The van der Waals surface area contributed by atoms with Crippen LogP contribution in [0.2, 0.25) is 0 Å². The SMILES string of the molecule is CC(=O)c1ccc2c(c1)C(C(=NC1CCN(C)CC1)c1ccc(CN)cc1)C(=O)N2. The highest BCUT2D eigenvalue weighted by Gasteiger charge is 2.36. The number of carbonyl (C=O) groups excluding carboxylic acids is 2. The van der Waals surface area contributed by atoms with Crippen molar-refractivity contribution in [3.63, 3.8) is 0 Å². The van der Waals surface area contributed by atoms with E-state index >= 15 is 0 Å². The topological polar surface area (TPSA) is 87.8 Å². The lowest BCUT2D eigenvalue weighted by Crippen LogP contribution is -2.33. The number of benzene rings is 2. The molecule has 2 aliphatic rings. The van der Waals surface area contributed by atoms with Gasteiger partial charge in [-0.25, -0.2) is 0 Å². The van der Waals surface area contributed by atoms with Crippen LogP contribution in [-0.4, -0.2) is 48.5 Å². The van der Waals surface area contributed by atoms with Crippen molar-refractivity contribution in [3.8, 4) is 0 Å². The molecule has 6 nitrogen and oxygen atoms in total. The van der Waals surface area contributed by atoms with Crippen LogP contribution >= 0.6 is 0 Å². The number of Topliss-reactive ketones (excluding diaryl/α,β-unsaturated/α-hetero) is 1. The third-order valence-corrected chi connectivity index (χ3v) is 6.06. The van der Waals surface area contributed by atoms with E-state index in [0.717, 1.165) is 54.0 Å². The molecule has 3 N–H and O–H groups in total. The number of nitrogens with zero attached hydrogens (tertiary/aromatic N) is 2. The lowest BCUT2D eigenvalue weighted by atomic mass is 9.88. The molecule has 0 aliphatic carbocycles. The Hall–Kier alpha value is -2.83. The van der Waals surface area contributed by atoms with Crippen molar-refractivity contribution in [2.75, 3.05) is 25.5 Å². The molecule has 156 valence electrons. The van der Waals surface area contributed by atoms with Gasteiger partial charge in [-0.3, -0.25) is 14.6 Å². The van der Waals surface area contributed by atoms with Crippen LogP contribution < -0.4 is 11.1 Å². The van der Waals surface area contributed by atoms with E-state index in [1.807, 2.05) is 36.4 Å². The first-order valence-electron chi connectivity index (χ1n) is 10.5. The number of hydrogen-bond acceptors (Lipinski definition) is 5. The molecule has 0 aromatic heterocycles. The number of fused-ring (bicyclic) bond motifs is 1. The van der Waals surface area contributed by atoms with Gasteiger partial charge in [0.05, 0.1) is 11.8 Å². The van der Waals surface area contributed by atoms with E-state index in [1.54, 1.807) is 13.0 Å². The van der Waals surface area contributed by atoms with E-state index in [2.05, 4.69) is 17.3 Å². The zero-order valence-corrected chi connectivity index (χ0v) is 17.5. The second-order valence-corrected chi connectivity index (χ2v) is 8.23. The summed E-state index contributed by atoms with van der Waals surface area (Å²) >= 11 is 0. The summed E-state index contributed by atoms with van der Waals surface area (Å²) in [5.74, 6) is -0.639. The Labute approximate surface area is 177 Å². The molecule has 0 spiro atoms. The Kier molecular flexibility index (Phi) is 5.79. The number of nitrogens with two attached hydrogens (primary N) is 1. The van der Waals surface area contributed by atoms with Crippen LogP contribution in [0.3, 0.4) is 0 Å². The lowest BCUT2D eigenvalue weighted by molar-refractivity contribution is -0.115. The molecule has 30 heavy (non-hydrogen) atoms. The van der Waals surface area contributed by atoms with Crippen molar-refractivity contribution >= 4 is 23.1 Å². The van der Waals surface area contributed by atoms with Gasteiger partial charge >= 0.3 is 0 Å². The van der Waals surface area contributed by atoms with E-state index in [4.69, 9.17) is 10.7 Å². The number of anilines is 1. The van der Waals surface area contributed by atoms with Gasteiger partial charge in [0.1, 0.15) is 5.92 Å². The van der Waals surface area contributed by atoms with E-state index in [0.29, 0.717) is 12.1 Å². The number of hydrogen-bond donors (Lipinski definition) is 2. The predicted octanol–water partition coefficient (Wildman–Crippen LogP) is 2.97. The summed E-state index contributed by atoms with van der Waals surface area (Å²) in [4.78, 5) is 32.4. The third kappa shape index (κ3) is 4.06. The first kappa shape index (κ1) is 20.4. The molecule has 0 saturated carbocycles. The van der Waals surface area contributed by atoms with E-state index in [1.165, 1.54) is 0 Å². The molecule has 1 unspecified atom stereocenters. The molecule has 1 amide bonds. The third-order valence-electron chi connectivity index (χ3n) is 6.06. The van der Waals surface area contributed by atoms with Crippen LogP contribution in [0.15, 0.2) is 47.5 Å². The number of piperidine rings is 1. The van der Waals surface area contributed by atoms with Crippen molar-refractivity contribution in [3.05, 3.63) is 64.7 Å². The number of carbonyl (C=O) groups is 2. The quantitative estimate of drug-likeness (QED) is 0.592. The molecule has 2 aromatic rings. The lowest BCUT2D eigenvalue weighted by Gasteiger charge is -2.28. The molecular formula is C24H28N4O2. The number of rotatable bonds is 5. The Morgan fingerprint density at radius 3 is 2.43 bits per heavy atom. The van der Waals surface area contributed by atoms with Gasteiger partial charge in [0.2, 0.25) is 5.91 Å². The summed E-state index contributed by atoms with van der Waals surface area (Å²) < 4.78 is 0. The molecule has 0 radical (unpaired) electrons. The maximum absolute atomic E-state index is 13.0. The Morgan fingerprint density at radius 2 is 1.80 bits per heavy atom. The van der Waals surface area contributed by atoms with Crippen molar-refractivity contribution in [2.45, 2.75) is 38.3 Å². The fraction of sp³-hybridized carbons (Fsp3) is 0.375. The first-order valence-corrected chi connectivity index (χ1v) is 10.5. The molecular weight excluding hydrogens is 376 g/mol. The highest BCUT2D eigenvalue weighted by Crippen LogP contribution is 2.36. The van der Waals surface area contributed by atoms with Crippen LogP contribution in [-0.2, 0) is 11.3 Å². The van der Waals surface area contributed by atoms with Crippen molar-refractivity contribution in [1.82, 2.24) is 4.90 Å². The number of likely N-dealkylation sites (tertiary alicyclic amines) is 1. The van der Waals surface area contributed by atoms with E-state index < -0.39 is 5.92 Å². The first-order chi connectivity index (χ1) is 14.5. The van der Waals surface area contributed by atoms with E-state index in [9.17, 15) is 9.59 Å². The highest BCUT2D eigenvalue weighted by atomic mass is 16.2. The molecule has 2 heterocycles. The number of ketones is 1. The van der Waals surface area contributed by atoms with Crippen LogP contribution in [0.4, 0.5) is 5.69 Å². The van der Waals surface area contributed by atoms with Gasteiger partial charge in [-0.2, -0.15) is 0 Å². The summed E-state index contributed by atoms with van der Waals surface area (Å²) in [6.45, 7) is 4.00. The fourth-order valence-corrected chi connectivity index (χ4v) is 4.20. The second-order valence-electron chi connectivity index (χ2n) is 8.23. The molecule has 6 heteroatoms. The summed E-state index contributed by atoms with van der Waals surface area (Å²) in [6.07, 6.45) is 1.94. The Bertz CT molecular complexity index is 989.